The molecule has 0 unspecified atom stereocenters. The summed E-state index contributed by atoms with van der Waals surface area (Å²) in [6, 6.07) is 0. The largest absolute Gasteiger partial charge is 0.366 e. The fourth-order valence-corrected chi connectivity index (χ4v) is 0.949. The lowest BCUT2D eigenvalue weighted by atomic mass is 10.2. The number of hydrogen-bond donors (Lipinski definition) is 3. The quantitative estimate of drug-likeness (QED) is 0.589. The van der Waals surface area contributed by atoms with Crippen molar-refractivity contribution in [2.45, 2.75) is 6.10 Å². The van der Waals surface area contributed by atoms with Crippen LogP contribution in [0.25, 0.3) is 0 Å². The van der Waals surface area contributed by atoms with Crippen LogP contribution < -0.4 is 10.6 Å². The number of ether oxygens (including phenoxy) is 1. The summed E-state index contributed by atoms with van der Waals surface area (Å²) in [4.78, 5) is 11.2. The van der Waals surface area contributed by atoms with Crippen LogP contribution in [0, 0.1) is 0 Å². The molecule has 2 heterocycles. The van der Waals surface area contributed by atoms with E-state index in [0.717, 1.165) is 13.1 Å². The predicted octanol–water partition coefficient (Wildman–Crippen LogP) is -1.45. The van der Waals surface area contributed by atoms with Crippen molar-refractivity contribution in [1.29, 1.82) is 0 Å². The van der Waals surface area contributed by atoms with Crippen molar-refractivity contribution in [3.05, 3.63) is 0 Å². The summed E-state index contributed by atoms with van der Waals surface area (Å²) in [5.74, 6) is -0.122. The normalized spacial score (nSPS) is 15.2. The summed E-state index contributed by atoms with van der Waals surface area (Å²) in [6.45, 7) is 1.62. The summed E-state index contributed by atoms with van der Waals surface area (Å²) in [6.07, 6.45) is 0.144. The summed E-state index contributed by atoms with van der Waals surface area (Å²) < 4.78 is 5.23. The van der Waals surface area contributed by atoms with Crippen LogP contribution in [-0.4, -0.2) is 52.3 Å². The molecule has 2 rings (SSSR count). The number of aromatic amines is 1. The number of aromatic nitrogens is 4. The van der Waals surface area contributed by atoms with Crippen molar-refractivity contribution in [2.24, 2.45) is 0 Å². The molecule has 1 saturated heterocycles. The number of halogens is 1. The van der Waals surface area contributed by atoms with Gasteiger partial charge in [0.1, 0.15) is 6.61 Å². The number of anilines is 1. The maximum atomic E-state index is 11.2. The van der Waals surface area contributed by atoms with Crippen molar-refractivity contribution in [1.82, 2.24) is 25.9 Å². The number of H-pyrrole nitrogens is 1. The van der Waals surface area contributed by atoms with E-state index in [2.05, 4.69) is 31.3 Å². The fourth-order valence-electron chi connectivity index (χ4n) is 0.949. The van der Waals surface area contributed by atoms with Crippen LogP contribution in [0.4, 0.5) is 5.95 Å². The minimum Gasteiger partial charge on any atom is -0.366 e. The molecule has 1 amide bonds. The molecule has 0 saturated carbocycles. The van der Waals surface area contributed by atoms with Crippen molar-refractivity contribution in [3.8, 4) is 0 Å². The van der Waals surface area contributed by atoms with Gasteiger partial charge < -0.3 is 10.1 Å². The second-order valence-electron chi connectivity index (χ2n) is 2.87. The Morgan fingerprint density at radius 2 is 2.40 bits per heavy atom. The van der Waals surface area contributed by atoms with Crippen LogP contribution in [-0.2, 0) is 9.53 Å². The van der Waals surface area contributed by atoms with Gasteiger partial charge in [-0.2, -0.15) is 5.21 Å². The number of nitrogens with one attached hydrogen (secondary N) is 3. The molecule has 0 radical (unpaired) electrons. The molecule has 0 aliphatic carbocycles. The lowest BCUT2D eigenvalue weighted by molar-refractivity contribution is -0.123. The number of tetrazole rings is 1. The lowest BCUT2D eigenvalue weighted by Crippen LogP contribution is -2.49. The van der Waals surface area contributed by atoms with Crippen LogP contribution in [0.2, 0.25) is 0 Å². The molecule has 8 nitrogen and oxygen atoms in total. The number of rotatable bonds is 4. The first-order chi connectivity index (χ1) is 6.84. The molecular formula is C6H11ClN6O2. The molecular weight excluding hydrogens is 224 g/mol. The van der Waals surface area contributed by atoms with Crippen LogP contribution in [0.5, 0.6) is 0 Å². The Hall–Kier alpha value is -1.25. The zero-order chi connectivity index (χ0) is 9.80. The van der Waals surface area contributed by atoms with Gasteiger partial charge >= 0.3 is 0 Å². The van der Waals surface area contributed by atoms with Gasteiger partial charge in [0, 0.05) is 13.1 Å². The van der Waals surface area contributed by atoms with E-state index in [1.165, 1.54) is 0 Å². The second kappa shape index (κ2) is 5.59. The van der Waals surface area contributed by atoms with Gasteiger partial charge in [-0.1, -0.05) is 5.10 Å². The van der Waals surface area contributed by atoms with Gasteiger partial charge in [0.05, 0.1) is 6.10 Å². The topological polar surface area (TPSA) is 105 Å². The van der Waals surface area contributed by atoms with E-state index in [9.17, 15) is 4.79 Å². The fraction of sp³-hybridized carbons (Fsp3) is 0.667. The molecule has 1 fully saturated rings. The molecule has 0 bridgehead atoms. The van der Waals surface area contributed by atoms with Gasteiger partial charge in [0.25, 0.3) is 11.9 Å². The molecule has 9 heteroatoms. The number of carbonyl (C=O) groups excluding carboxylic acids is 1. The van der Waals surface area contributed by atoms with E-state index in [4.69, 9.17) is 4.74 Å². The molecule has 1 aliphatic rings. The zero-order valence-corrected chi connectivity index (χ0v) is 8.58. The van der Waals surface area contributed by atoms with E-state index in [0.29, 0.717) is 0 Å². The molecule has 1 aliphatic heterocycles. The van der Waals surface area contributed by atoms with E-state index < -0.39 is 0 Å². The Labute approximate surface area is 91.6 Å². The standard InChI is InChI=1S/C6H10N6O2.ClH/c13-5(3-14-4-1-7-2-4)8-6-9-11-12-10-6;/h4,7H,1-3H2,(H2,8,9,10,11,12,13);1H. The number of amides is 1. The molecule has 3 N–H and O–H groups in total. The predicted molar refractivity (Wildman–Crippen MR) is 52.7 cm³/mol. The van der Waals surface area contributed by atoms with Gasteiger partial charge in [0.15, 0.2) is 0 Å². The Balaban J connectivity index is 0.00000112. The van der Waals surface area contributed by atoms with Crippen molar-refractivity contribution >= 4 is 24.3 Å². The van der Waals surface area contributed by atoms with Crippen molar-refractivity contribution in [2.75, 3.05) is 25.0 Å². The monoisotopic (exact) mass is 234 g/mol. The van der Waals surface area contributed by atoms with Gasteiger partial charge in [-0.25, -0.2) is 0 Å². The van der Waals surface area contributed by atoms with Crippen molar-refractivity contribution < 1.29 is 9.53 Å². The highest BCUT2D eigenvalue weighted by molar-refractivity contribution is 5.89. The van der Waals surface area contributed by atoms with E-state index in [-0.39, 0.29) is 37.0 Å². The summed E-state index contributed by atoms with van der Waals surface area (Å²) >= 11 is 0. The first-order valence-electron chi connectivity index (χ1n) is 4.20. The lowest BCUT2D eigenvalue weighted by Gasteiger charge is -2.26. The average Bonchev–Trinajstić information content (AvgIpc) is 2.54. The van der Waals surface area contributed by atoms with E-state index in [1.54, 1.807) is 0 Å². The molecule has 1 aromatic rings. The minimum absolute atomic E-state index is 0. The Bertz CT molecular complexity index is 301. The summed E-state index contributed by atoms with van der Waals surface area (Å²) in [5.41, 5.74) is 0. The second-order valence-corrected chi connectivity index (χ2v) is 2.87. The van der Waals surface area contributed by atoms with Crippen LogP contribution in [0.3, 0.4) is 0 Å². The zero-order valence-electron chi connectivity index (χ0n) is 7.77. The first-order valence-corrected chi connectivity index (χ1v) is 4.20. The maximum Gasteiger partial charge on any atom is 0.269 e. The van der Waals surface area contributed by atoms with Gasteiger partial charge in [-0.15, -0.1) is 17.5 Å². The van der Waals surface area contributed by atoms with E-state index >= 15 is 0 Å². The number of hydrogen-bond acceptors (Lipinski definition) is 6. The molecule has 1 aromatic heterocycles. The highest BCUT2D eigenvalue weighted by atomic mass is 35.5. The first kappa shape index (κ1) is 11.8. The third kappa shape index (κ3) is 3.42. The number of carbonyl (C=O) groups is 1. The van der Waals surface area contributed by atoms with E-state index in [1.807, 2.05) is 0 Å². The van der Waals surface area contributed by atoms with Gasteiger partial charge in [-0.05, 0) is 5.21 Å². The minimum atomic E-state index is -0.279. The Morgan fingerprint density at radius 1 is 1.60 bits per heavy atom. The van der Waals surface area contributed by atoms with Crippen LogP contribution >= 0.6 is 12.4 Å². The van der Waals surface area contributed by atoms with Crippen molar-refractivity contribution in [3.63, 3.8) is 0 Å². The number of nitrogens with zero attached hydrogens (tertiary/aromatic N) is 3. The molecule has 0 aromatic carbocycles. The summed E-state index contributed by atoms with van der Waals surface area (Å²) in [7, 11) is 0. The Kier molecular flexibility index (Phi) is 4.40. The van der Waals surface area contributed by atoms with Gasteiger partial charge in [0.2, 0.25) is 0 Å². The third-order valence-electron chi connectivity index (χ3n) is 1.79. The third-order valence-corrected chi connectivity index (χ3v) is 1.79. The Morgan fingerprint density at radius 3 is 2.93 bits per heavy atom. The molecule has 0 spiro atoms. The molecule has 15 heavy (non-hydrogen) atoms. The highest BCUT2D eigenvalue weighted by Gasteiger charge is 2.18. The van der Waals surface area contributed by atoms with Crippen LogP contribution in [0.15, 0.2) is 0 Å². The molecule has 84 valence electrons. The molecule has 0 atom stereocenters. The highest BCUT2D eigenvalue weighted by Crippen LogP contribution is 1.98. The smallest absolute Gasteiger partial charge is 0.269 e. The summed E-state index contributed by atoms with van der Waals surface area (Å²) in [5, 5.41) is 18.1. The van der Waals surface area contributed by atoms with Crippen LogP contribution in [0.1, 0.15) is 0 Å². The van der Waals surface area contributed by atoms with Gasteiger partial charge in [-0.3, -0.25) is 10.1 Å². The SMILES string of the molecule is Cl.O=C(COC1CNC1)Nc1nn[nH]n1. The average molecular weight is 235 g/mol. The maximum absolute atomic E-state index is 11.2.